The van der Waals surface area contributed by atoms with Gasteiger partial charge in [0.05, 0.1) is 12.6 Å². The summed E-state index contributed by atoms with van der Waals surface area (Å²) >= 11 is 1.83. The second-order valence-corrected chi connectivity index (χ2v) is 7.27. The third kappa shape index (κ3) is 4.01. The van der Waals surface area contributed by atoms with Crippen molar-refractivity contribution in [1.82, 2.24) is 10.2 Å². The Labute approximate surface area is 142 Å². The van der Waals surface area contributed by atoms with E-state index in [2.05, 4.69) is 59.8 Å². The lowest BCUT2D eigenvalue weighted by atomic mass is 10.0. The van der Waals surface area contributed by atoms with Crippen molar-refractivity contribution in [1.29, 1.82) is 0 Å². The van der Waals surface area contributed by atoms with E-state index in [4.69, 9.17) is 0 Å². The number of carbonyl (C=O) groups excluding carboxylic acids is 1. The van der Waals surface area contributed by atoms with E-state index in [1.165, 1.54) is 21.6 Å². The predicted molar refractivity (Wildman–Crippen MR) is 95.7 cm³/mol. The monoisotopic (exact) mass is 328 g/mol. The molecule has 0 unspecified atom stereocenters. The molecule has 1 atom stereocenters. The number of amides is 1. The molecule has 1 aliphatic heterocycles. The van der Waals surface area contributed by atoms with Crippen molar-refractivity contribution in [3.05, 3.63) is 57.3 Å². The normalized spacial score (nSPS) is 15.9. The molecule has 2 aromatic rings. The molecule has 23 heavy (non-hydrogen) atoms. The quantitative estimate of drug-likeness (QED) is 0.908. The van der Waals surface area contributed by atoms with Crippen LogP contribution in [0.25, 0.3) is 0 Å². The molecule has 1 aromatic carbocycles. The highest BCUT2D eigenvalue weighted by molar-refractivity contribution is 7.10. The zero-order chi connectivity index (χ0) is 16.2. The summed E-state index contributed by atoms with van der Waals surface area (Å²) in [6.07, 6.45) is 1.97. The molecule has 1 aromatic heterocycles. The first-order valence-corrected chi connectivity index (χ1v) is 9.17. The molecule has 4 heteroatoms. The maximum Gasteiger partial charge on any atom is 0.234 e. The molecule has 0 aliphatic carbocycles. The Morgan fingerprint density at radius 1 is 1.30 bits per heavy atom. The minimum atomic E-state index is 0.101. The minimum Gasteiger partial charge on any atom is -0.348 e. The zero-order valence-electron chi connectivity index (χ0n) is 13.8. The Morgan fingerprint density at radius 2 is 2.09 bits per heavy atom. The van der Waals surface area contributed by atoms with E-state index < -0.39 is 0 Å². The van der Waals surface area contributed by atoms with E-state index >= 15 is 0 Å². The van der Waals surface area contributed by atoms with Crippen LogP contribution >= 0.6 is 11.3 Å². The van der Waals surface area contributed by atoms with Crippen LogP contribution in [0.15, 0.2) is 35.7 Å². The van der Waals surface area contributed by atoms with Crippen LogP contribution < -0.4 is 5.32 Å². The molecular weight excluding hydrogens is 304 g/mol. The van der Waals surface area contributed by atoms with Crippen LogP contribution in [0.3, 0.4) is 0 Å². The van der Waals surface area contributed by atoms with Gasteiger partial charge >= 0.3 is 0 Å². The van der Waals surface area contributed by atoms with Gasteiger partial charge in [0.1, 0.15) is 0 Å². The molecule has 0 bridgehead atoms. The van der Waals surface area contributed by atoms with Crippen LogP contribution in [0.2, 0.25) is 0 Å². The molecule has 1 N–H and O–H groups in total. The summed E-state index contributed by atoms with van der Waals surface area (Å²) in [7, 11) is 0. The summed E-state index contributed by atoms with van der Waals surface area (Å²) in [5.74, 6) is 0.121. The van der Waals surface area contributed by atoms with Crippen LogP contribution in [-0.2, 0) is 17.8 Å². The van der Waals surface area contributed by atoms with Crippen LogP contribution in [0.1, 0.15) is 41.0 Å². The van der Waals surface area contributed by atoms with E-state index in [1.807, 2.05) is 11.3 Å². The fraction of sp³-hybridized carbons (Fsp3) is 0.421. The zero-order valence-corrected chi connectivity index (χ0v) is 14.7. The van der Waals surface area contributed by atoms with Crippen molar-refractivity contribution in [2.24, 2.45) is 0 Å². The second kappa shape index (κ2) is 7.28. The number of nitrogens with one attached hydrogen (secondary N) is 1. The smallest absolute Gasteiger partial charge is 0.234 e. The predicted octanol–water partition coefficient (Wildman–Crippen LogP) is 3.68. The Balaban J connectivity index is 1.57. The number of nitrogens with zero attached hydrogens (tertiary/aromatic N) is 1. The van der Waals surface area contributed by atoms with Gasteiger partial charge in [0, 0.05) is 18.0 Å². The summed E-state index contributed by atoms with van der Waals surface area (Å²) in [4.78, 5) is 16.1. The highest BCUT2D eigenvalue weighted by Crippen LogP contribution is 2.24. The highest BCUT2D eigenvalue weighted by atomic mass is 32.1. The van der Waals surface area contributed by atoms with Crippen LogP contribution in [-0.4, -0.2) is 23.9 Å². The van der Waals surface area contributed by atoms with Gasteiger partial charge in [-0.25, -0.2) is 0 Å². The Hall–Kier alpha value is -1.65. The van der Waals surface area contributed by atoms with Gasteiger partial charge in [-0.2, -0.15) is 0 Å². The summed E-state index contributed by atoms with van der Waals surface area (Å²) in [5, 5.41) is 5.34. The number of carbonyl (C=O) groups is 1. The van der Waals surface area contributed by atoms with E-state index in [0.29, 0.717) is 6.54 Å². The second-order valence-electron chi connectivity index (χ2n) is 6.27. The Morgan fingerprint density at radius 3 is 2.83 bits per heavy atom. The number of hydrogen-bond acceptors (Lipinski definition) is 3. The minimum absolute atomic E-state index is 0.101. The molecule has 1 amide bonds. The highest BCUT2D eigenvalue weighted by Gasteiger charge is 2.20. The lowest BCUT2D eigenvalue weighted by Gasteiger charge is -2.27. The third-order valence-corrected chi connectivity index (χ3v) is 5.50. The average molecular weight is 328 g/mol. The van der Waals surface area contributed by atoms with Gasteiger partial charge in [0.15, 0.2) is 0 Å². The standard InChI is InChI=1S/C19H24N2OS/c1-3-17(15-6-4-14(2)5-7-15)20-19(22)13-21-10-8-18-16(12-21)9-11-23-18/h4-7,9,11,17H,3,8,10,12-13H2,1-2H3,(H,20,22)/t17-/m0/s1. The lowest BCUT2D eigenvalue weighted by molar-refractivity contribution is -0.123. The van der Waals surface area contributed by atoms with Gasteiger partial charge in [-0.3, -0.25) is 9.69 Å². The number of thiophene rings is 1. The molecule has 3 nitrogen and oxygen atoms in total. The molecule has 0 saturated heterocycles. The van der Waals surface area contributed by atoms with Crippen LogP contribution in [0.5, 0.6) is 0 Å². The van der Waals surface area contributed by atoms with Crippen molar-refractivity contribution in [2.45, 2.75) is 39.3 Å². The number of hydrogen-bond donors (Lipinski definition) is 1. The molecule has 0 saturated carbocycles. The van der Waals surface area contributed by atoms with Crippen LogP contribution in [0.4, 0.5) is 0 Å². The van der Waals surface area contributed by atoms with Gasteiger partial charge in [-0.05, 0) is 42.3 Å². The average Bonchev–Trinajstić information content (AvgIpc) is 3.01. The molecule has 122 valence electrons. The summed E-state index contributed by atoms with van der Waals surface area (Å²) < 4.78 is 0. The van der Waals surface area contributed by atoms with E-state index in [9.17, 15) is 4.79 Å². The summed E-state index contributed by atoms with van der Waals surface area (Å²) in [6.45, 7) is 6.55. The number of benzene rings is 1. The van der Waals surface area contributed by atoms with Crippen molar-refractivity contribution in [3.8, 4) is 0 Å². The van der Waals surface area contributed by atoms with Crippen molar-refractivity contribution >= 4 is 17.2 Å². The number of fused-ring (bicyclic) bond motifs is 1. The fourth-order valence-corrected chi connectivity index (χ4v) is 3.99. The number of rotatable bonds is 5. The van der Waals surface area contributed by atoms with Gasteiger partial charge in [0.2, 0.25) is 5.91 Å². The first-order chi connectivity index (χ1) is 11.2. The van der Waals surface area contributed by atoms with Crippen LogP contribution in [0, 0.1) is 6.92 Å². The fourth-order valence-electron chi connectivity index (χ4n) is 3.10. The van der Waals surface area contributed by atoms with Crippen molar-refractivity contribution in [2.75, 3.05) is 13.1 Å². The Bertz CT molecular complexity index is 662. The molecule has 2 heterocycles. The van der Waals surface area contributed by atoms with Gasteiger partial charge in [0.25, 0.3) is 0 Å². The SMILES string of the molecule is CC[C@H](NC(=O)CN1CCc2sccc2C1)c1ccc(C)cc1. The van der Waals surface area contributed by atoms with E-state index in [-0.39, 0.29) is 11.9 Å². The molecule has 0 radical (unpaired) electrons. The summed E-state index contributed by atoms with van der Waals surface area (Å²) in [6, 6.07) is 10.7. The topological polar surface area (TPSA) is 32.3 Å². The van der Waals surface area contributed by atoms with Crippen molar-refractivity contribution < 1.29 is 4.79 Å². The molecule has 0 fully saturated rings. The van der Waals surface area contributed by atoms with Gasteiger partial charge < -0.3 is 5.32 Å². The largest absolute Gasteiger partial charge is 0.348 e. The lowest BCUT2D eigenvalue weighted by Crippen LogP contribution is -2.40. The molecule has 1 aliphatic rings. The Kier molecular flexibility index (Phi) is 5.13. The molecule has 0 spiro atoms. The van der Waals surface area contributed by atoms with Gasteiger partial charge in [-0.1, -0.05) is 36.8 Å². The summed E-state index contributed by atoms with van der Waals surface area (Å²) in [5.41, 5.74) is 3.82. The maximum absolute atomic E-state index is 12.4. The molecule has 3 rings (SSSR count). The van der Waals surface area contributed by atoms with Crippen molar-refractivity contribution in [3.63, 3.8) is 0 Å². The first kappa shape index (κ1) is 16.2. The first-order valence-electron chi connectivity index (χ1n) is 8.29. The number of aryl methyl sites for hydroxylation is 1. The van der Waals surface area contributed by atoms with E-state index in [0.717, 1.165) is 25.9 Å². The maximum atomic E-state index is 12.4. The van der Waals surface area contributed by atoms with Gasteiger partial charge in [-0.15, -0.1) is 11.3 Å². The van der Waals surface area contributed by atoms with E-state index in [1.54, 1.807) is 0 Å². The molecular formula is C19H24N2OS. The third-order valence-electron chi connectivity index (χ3n) is 4.48.